The normalized spacial score (nSPS) is 10.4. The molecule has 1 amide bonds. The fourth-order valence-corrected chi connectivity index (χ4v) is 2.90. The number of ether oxygens (including phenoxy) is 1. The average molecular weight is 404 g/mol. The Labute approximate surface area is 163 Å². The molecule has 0 saturated heterocycles. The number of rotatable bonds is 6. The minimum absolute atomic E-state index is 0.0758. The Kier molecular flexibility index (Phi) is 6.05. The SMILES string of the molecule is COC(=O)c1ccc(Cl)c(NC(=O)CSc2n[nH]c(-c3ccncc3)n2)c1. The summed E-state index contributed by atoms with van der Waals surface area (Å²) in [5.41, 5.74) is 1.47. The van der Waals surface area contributed by atoms with Gasteiger partial charge in [0.05, 0.1) is 29.1 Å². The first-order valence-corrected chi connectivity index (χ1v) is 9.06. The predicted molar refractivity (Wildman–Crippen MR) is 102 cm³/mol. The van der Waals surface area contributed by atoms with E-state index < -0.39 is 5.97 Å². The Balaban J connectivity index is 1.61. The molecule has 2 heterocycles. The van der Waals surface area contributed by atoms with Gasteiger partial charge < -0.3 is 10.1 Å². The molecule has 1 aromatic carbocycles. The first-order valence-electron chi connectivity index (χ1n) is 7.70. The smallest absolute Gasteiger partial charge is 0.337 e. The van der Waals surface area contributed by atoms with Crippen LogP contribution in [0.3, 0.4) is 0 Å². The molecule has 0 aliphatic carbocycles. The number of hydrogen-bond donors (Lipinski definition) is 2. The van der Waals surface area contributed by atoms with Gasteiger partial charge in [-0.2, -0.15) is 0 Å². The second-order valence-electron chi connectivity index (χ2n) is 5.23. The number of nitrogens with one attached hydrogen (secondary N) is 2. The van der Waals surface area contributed by atoms with E-state index >= 15 is 0 Å². The summed E-state index contributed by atoms with van der Waals surface area (Å²) in [5, 5.41) is 10.3. The summed E-state index contributed by atoms with van der Waals surface area (Å²) in [6.07, 6.45) is 3.31. The van der Waals surface area contributed by atoms with E-state index in [0.29, 0.717) is 27.3 Å². The van der Waals surface area contributed by atoms with Gasteiger partial charge in [0.25, 0.3) is 0 Å². The number of benzene rings is 1. The zero-order chi connectivity index (χ0) is 19.2. The number of amides is 1. The highest BCUT2D eigenvalue weighted by molar-refractivity contribution is 7.99. The number of nitrogens with zero attached hydrogens (tertiary/aromatic N) is 3. The summed E-state index contributed by atoms with van der Waals surface area (Å²) < 4.78 is 4.66. The van der Waals surface area contributed by atoms with E-state index in [-0.39, 0.29) is 11.7 Å². The Bertz CT molecular complexity index is 964. The van der Waals surface area contributed by atoms with Crippen LogP contribution in [0.2, 0.25) is 5.02 Å². The van der Waals surface area contributed by atoms with Crippen molar-refractivity contribution in [2.75, 3.05) is 18.2 Å². The summed E-state index contributed by atoms with van der Waals surface area (Å²) in [4.78, 5) is 32.0. The van der Waals surface area contributed by atoms with Crippen molar-refractivity contribution in [3.8, 4) is 11.4 Å². The van der Waals surface area contributed by atoms with Crippen LogP contribution in [0.15, 0.2) is 47.9 Å². The van der Waals surface area contributed by atoms with Gasteiger partial charge in [-0.25, -0.2) is 9.78 Å². The first kappa shape index (κ1) is 18.9. The second kappa shape index (κ2) is 8.65. The molecular formula is C17H14ClN5O3S. The van der Waals surface area contributed by atoms with Crippen LogP contribution in [-0.4, -0.2) is 44.9 Å². The van der Waals surface area contributed by atoms with Crippen molar-refractivity contribution >= 4 is 40.9 Å². The zero-order valence-corrected chi connectivity index (χ0v) is 15.7. The molecule has 10 heteroatoms. The van der Waals surface area contributed by atoms with E-state index in [2.05, 4.69) is 30.2 Å². The summed E-state index contributed by atoms with van der Waals surface area (Å²) in [6.45, 7) is 0. The molecule has 3 rings (SSSR count). The van der Waals surface area contributed by atoms with Crippen LogP contribution in [0.5, 0.6) is 0 Å². The van der Waals surface area contributed by atoms with Gasteiger partial charge in [-0.15, -0.1) is 5.10 Å². The number of aromatic amines is 1. The minimum Gasteiger partial charge on any atom is -0.465 e. The van der Waals surface area contributed by atoms with Crippen LogP contribution in [-0.2, 0) is 9.53 Å². The van der Waals surface area contributed by atoms with Gasteiger partial charge in [-0.1, -0.05) is 23.4 Å². The molecule has 0 aliphatic heterocycles. The predicted octanol–water partition coefficient (Wildman–Crippen LogP) is 3.04. The summed E-state index contributed by atoms with van der Waals surface area (Å²) in [7, 11) is 1.28. The van der Waals surface area contributed by atoms with Gasteiger partial charge >= 0.3 is 5.97 Å². The number of hydrogen-bond acceptors (Lipinski definition) is 7. The molecule has 27 heavy (non-hydrogen) atoms. The number of H-pyrrole nitrogens is 1. The van der Waals surface area contributed by atoms with Crippen molar-refractivity contribution in [3.63, 3.8) is 0 Å². The monoisotopic (exact) mass is 403 g/mol. The number of aromatic nitrogens is 4. The van der Waals surface area contributed by atoms with Crippen LogP contribution in [0, 0.1) is 0 Å². The third-order valence-electron chi connectivity index (χ3n) is 3.41. The zero-order valence-electron chi connectivity index (χ0n) is 14.1. The number of halogens is 1. The van der Waals surface area contributed by atoms with Gasteiger partial charge in [-0.3, -0.25) is 14.9 Å². The number of pyridine rings is 1. The van der Waals surface area contributed by atoms with Gasteiger partial charge in [-0.05, 0) is 30.3 Å². The Morgan fingerprint density at radius 2 is 2.04 bits per heavy atom. The maximum Gasteiger partial charge on any atom is 0.337 e. The van der Waals surface area contributed by atoms with Crippen molar-refractivity contribution < 1.29 is 14.3 Å². The lowest BCUT2D eigenvalue weighted by molar-refractivity contribution is -0.113. The molecule has 2 aromatic heterocycles. The van der Waals surface area contributed by atoms with Gasteiger partial charge in [0, 0.05) is 18.0 Å². The number of anilines is 1. The van der Waals surface area contributed by atoms with Crippen LogP contribution in [0.4, 0.5) is 5.69 Å². The Morgan fingerprint density at radius 3 is 2.78 bits per heavy atom. The highest BCUT2D eigenvalue weighted by Gasteiger charge is 2.13. The fraction of sp³-hybridized carbons (Fsp3) is 0.118. The molecule has 0 fully saturated rings. The van der Waals surface area contributed by atoms with Crippen molar-refractivity contribution in [1.29, 1.82) is 0 Å². The number of esters is 1. The molecule has 3 aromatic rings. The molecule has 0 spiro atoms. The van der Waals surface area contributed by atoms with Crippen LogP contribution >= 0.6 is 23.4 Å². The molecule has 0 bridgehead atoms. The van der Waals surface area contributed by atoms with Crippen LogP contribution < -0.4 is 5.32 Å². The quantitative estimate of drug-likeness (QED) is 0.480. The number of carbonyl (C=O) groups is 2. The third kappa shape index (κ3) is 4.83. The molecule has 2 N–H and O–H groups in total. The Hall–Kier alpha value is -2.91. The summed E-state index contributed by atoms with van der Waals surface area (Å²) >= 11 is 7.24. The van der Waals surface area contributed by atoms with Crippen molar-refractivity contribution in [1.82, 2.24) is 20.2 Å². The molecule has 0 aliphatic rings. The highest BCUT2D eigenvalue weighted by Crippen LogP contribution is 2.24. The maximum absolute atomic E-state index is 12.2. The van der Waals surface area contributed by atoms with E-state index in [0.717, 1.165) is 5.56 Å². The molecule has 0 unspecified atom stereocenters. The molecule has 0 radical (unpaired) electrons. The van der Waals surface area contributed by atoms with E-state index in [1.807, 2.05) is 0 Å². The van der Waals surface area contributed by atoms with Gasteiger partial charge in [0.15, 0.2) is 5.82 Å². The topological polar surface area (TPSA) is 110 Å². The summed E-state index contributed by atoms with van der Waals surface area (Å²) in [5.74, 6) is -0.152. The fourth-order valence-electron chi connectivity index (χ4n) is 2.13. The third-order valence-corrected chi connectivity index (χ3v) is 4.59. The van der Waals surface area contributed by atoms with E-state index in [9.17, 15) is 9.59 Å². The lowest BCUT2D eigenvalue weighted by Gasteiger charge is -2.08. The van der Waals surface area contributed by atoms with Crippen LogP contribution in [0.1, 0.15) is 10.4 Å². The first-order chi connectivity index (χ1) is 13.1. The van der Waals surface area contributed by atoms with Crippen LogP contribution in [0.25, 0.3) is 11.4 Å². The lowest BCUT2D eigenvalue weighted by atomic mass is 10.2. The minimum atomic E-state index is -0.513. The average Bonchev–Trinajstić information content (AvgIpc) is 3.17. The molecule has 8 nitrogen and oxygen atoms in total. The van der Waals surface area contributed by atoms with Gasteiger partial charge in [0.2, 0.25) is 11.1 Å². The molecule has 0 atom stereocenters. The van der Waals surface area contributed by atoms with Crippen molar-refractivity contribution in [2.45, 2.75) is 5.16 Å². The number of thioether (sulfide) groups is 1. The van der Waals surface area contributed by atoms with Crippen molar-refractivity contribution in [2.24, 2.45) is 0 Å². The lowest BCUT2D eigenvalue weighted by Crippen LogP contribution is -2.15. The molecule has 0 saturated carbocycles. The standard InChI is InChI=1S/C17H14ClN5O3S/c1-26-16(25)11-2-3-12(18)13(8-11)20-14(24)9-27-17-21-15(22-23-17)10-4-6-19-7-5-10/h2-8H,9H2,1H3,(H,20,24)(H,21,22,23). The maximum atomic E-state index is 12.2. The Morgan fingerprint density at radius 1 is 1.26 bits per heavy atom. The summed E-state index contributed by atoms with van der Waals surface area (Å²) in [6, 6.07) is 8.11. The number of methoxy groups -OCH3 is 1. The largest absolute Gasteiger partial charge is 0.465 e. The van der Waals surface area contributed by atoms with E-state index in [1.54, 1.807) is 24.5 Å². The highest BCUT2D eigenvalue weighted by atomic mass is 35.5. The molecule has 138 valence electrons. The van der Waals surface area contributed by atoms with E-state index in [1.165, 1.54) is 37.1 Å². The van der Waals surface area contributed by atoms with E-state index in [4.69, 9.17) is 11.6 Å². The van der Waals surface area contributed by atoms with Crippen molar-refractivity contribution in [3.05, 3.63) is 53.3 Å². The second-order valence-corrected chi connectivity index (χ2v) is 6.58. The number of carbonyl (C=O) groups excluding carboxylic acids is 2. The van der Waals surface area contributed by atoms with Gasteiger partial charge in [0.1, 0.15) is 0 Å². The molecular weight excluding hydrogens is 390 g/mol.